The van der Waals surface area contributed by atoms with Crippen molar-refractivity contribution >= 4 is 11.5 Å². The molecule has 3 heterocycles. The highest BCUT2D eigenvalue weighted by Gasteiger charge is 2.32. The lowest BCUT2D eigenvalue weighted by Crippen LogP contribution is -2.26. The summed E-state index contributed by atoms with van der Waals surface area (Å²) in [5.74, 6) is 0.699. The van der Waals surface area contributed by atoms with Crippen LogP contribution in [0.4, 0.5) is 5.82 Å². The minimum Gasteiger partial charge on any atom is -0.367 e. The molecule has 0 aromatic carbocycles. The van der Waals surface area contributed by atoms with Crippen molar-refractivity contribution in [2.75, 3.05) is 18.5 Å². The Hall–Kier alpha value is -1.93. The van der Waals surface area contributed by atoms with Gasteiger partial charge in [0, 0.05) is 12.6 Å². The van der Waals surface area contributed by atoms with Crippen molar-refractivity contribution < 1.29 is 9.47 Å². The van der Waals surface area contributed by atoms with Gasteiger partial charge in [-0.15, -0.1) is 0 Å². The Morgan fingerprint density at radius 1 is 1.60 bits per heavy atom. The SMILES string of the molecule is Cc1nc(NCC2COC(C)(C)O2)cc2n[nH]c(=O)n12. The van der Waals surface area contributed by atoms with Crippen LogP contribution in [-0.2, 0) is 9.47 Å². The third-order valence-electron chi connectivity index (χ3n) is 3.15. The van der Waals surface area contributed by atoms with Gasteiger partial charge in [-0.05, 0) is 20.8 Å². The molecular formula is C12H17N5O3. The van der Waals surface area contributed by atoms with Crippen LogP contribution in [0.25, 0.3) is 5.65 Å². The van der Waals surface area contributed by atoms with E-state index >= 15 is 0 Å². The molecule has 2 aromatic rings. The highest BCUT2D eigenvalue weighted by Crippen LogP contribution is 2.22. The van der Waals surface area contributed by atoms with Crippen LogP contribution in [-0.4, -0.2) is 44.6 Å². The number of rotatable bonds is 3. The molecule has 1 atom stereocenters. The average molecular weight is 279 g/mol. The van der Waals surface area contributed by atoms with E-state index in [1.165, 1.54) is 4.40 Å². The van der Waals surface area contributed by atoms with Crippen LogP contribution >= 0.6 is 0 Å². The van der Waals surface area contributed by atoms with Gasteiger partial charge in [-0.2, -0.15) is 5.10 Å². The van der Waals surface area contributed by atoms with Crippen LogP contribution in [0.3, 0.4) is 0 Å². The Labute approximate surface area is 115 Å². The summed E-state index contributed by atoms with van der Waals surface area (Å²) in [6, 6.07) is 1.71. The highest BCUT2D eigenvalue weighted by atomic mass is 16.7. The first-order valence-corrected chi connectivity index (χ1v) is 6.45. The highest BCUT2D eigenvalue weighted by molar-refractivity contribution is 5.49. The van der Waals surface area contributed by atoms with Crippen molar-refractivity contribution in [3.8, 4) is 0 Å². The van der Waals surface area contributed by atoms with Gasteiger partial charge in [0.25, 0.3) is 0 Å². The molecule has 3 rings (SSSR count). The van der Waals surface area contributed by atoms with Crippen LogP contribution in [0.5, 0.6) is 0 Å². The fourth-order valence-corrected chi connectivity index (χ4v) is 2.27. The van der Waals surface area contributed by atoms with Crippen LogP contribution in [0, 0.1) is 6.92 Å². The summed E-state index contributed by atoms with van der Waals surface area (Å²) in [7, 11) is 0. The van der Waals surface area contributed by atoms with Gasteiger partial charge in [0.1, 0.15) is 17.7 Å². The van der Waals surface area contributed by atoms with E-state index in [-0.39, 0.29) is 11.8 Å². The first-order valence-electron chi connectivity index (χ1n) is 6.45. The van der Waals surface area contributed by atoms with Crippen molar-refractivity contribution in [1.29, 1.82) is 0 Å². The summed E-state index contributed by atoms with van der Waals surface area (Å²) < 4.78 is 12.6. The van der Waals surface area contributed by atoms with Gasteiger partial charge in [-0.25, -0.2) is 19.3 Å². The van der Waals surface area contributed by atoms with E-state index in [0.717, 1.165) is 0 Å². The molecule has 108 valence electrons. The molecule has 0 bridgehead atoms. The molecule has 0 saturated carbocycles. The lowest BCUT2D eigenvalue weighted by atomic mass is 10.3. The van der Waals surface area contributed by atoms with E-state index < -0.39 is 5.79 Å². The summed E-state index contributed by atoms with van der Waals surface area (Å²) in [5.41, 5.74) is 0.250. The molecule has 1 unspecified atom stereocenters. The van der Waals surface area contributed by atoms with E-state index in [9.17, 15) is 4.79 Å². The second-order valence-corrected chi connectivity index (χ2v) is 5.24. The zero-order valence-corrected chi connectivity index (χ0v) is 11.6. The molecule has 1 aliphatic heterocycles. The van der Waals surface area contributed by atoms with Gasteiger partial charge >= 0.3 is 5.69 Å². The minimum atomic E-state index is -0.533. The van der Waals surface area contributed by atoms with Crippen LogP contribution in [0.1, 0.15) is 19.7 Å². The molecule has 1 aliphatic rings. The van der Waals surface area contributed by atoms with E-state index in [1.54, 1.807) is 13.0 Å². The third kappa shape index (κ3) is 2.39. The lowest BCUT2D eigenvalue weighted by Gasteiger charge is -2.17. The number of ether oxygens (including phenoxy) is 2. The number of aromatic amines is 1. The van der Waals surface area contributed by atoms with Gasteiger partial charge in [0.05, 0.1) is 6.61 Å². The molecule has 1 fully saturated rings. The average Bonchev–Trinajstić information content (AvgIpc) is 2.90. The molecule has 0 spiro atoms. The molecule has 8 heteroatoms. The van der Waals surface area contributed by atoms with Gasteiger partial charge < -0.3 is 14.8 Å². The lowest BCUT2D eigenvalue weighted by molar-refractivity contribution is -0.136. The van der Waals surface area contributed by atoms with Gasteiger partial charge in [0.2, 0.25) is 0 Å². The van der Waals surface area contributed by atoms with Gasteiger partial charge in [-0.1, -0.05) is 0 Å². The minimum absolute atomic E-state index is 0.0234. The second-order valence-electron chi connectivity index (χ2n) is 5.24. The normalized spacial score (nSPS) is 21.4. The maximum Gasteiger partial charge on any atom is 0.349 e. The Bertz CT molecular complexity index is 690. The van der Waals surface area contributed by atoms with Gasteiger partial charge in [-0.3, -0.25) is 0 Å². The van der Waals surface area contributed by atoms with Crippen LogP contribution in [0.15, 0.2) is 10.9 Å². The van der Waals surface area contributed by atoms with E-state index in [4.69, 9.17) is 9.47 Å². The predicted molar refractivity (Wildman–Crippen MR) is 71.7 cm³/mol. The molecule has 2 aromatic heterocycles. The van der Waals surface area contributed by atoms with Crippen molar-refractivity contribution in [3.63, 3.8) is 0 Å². The summed E-state index contributed by atoms with van der Waals surface area (Å²) in [5, 5.41) is 9.51. The zero-order valence-electron chi connectivity index (χ0n) is 11.6. The predicted octanol–water partition coefficient (Wildman–Crippen LogP) is 0.289. The molecule has 0 radical (unpaired) electrons. The molecule has 20 heavy (non-hydrogen) atoms. The second kappa shape index (κ2) is 4.57. The first-order chi connectivity index (χ1) is 9.44. The Morgan fingerprint density at radius 2 is 2.40 bits per heavy atom. The zero-order chi connectivity index (χ0) is 14.3. The third-order valence-corrected chi connectivity index (χ3v) is 3.15. The van der Waals surface area contributed by atoms with E-state index in [1.807, 2.05) is 13.8 Å². The number of aromatic nitrogens is 4. The Morgan fingerprint density at radius 3 is 3.10 bits per heavy atom. The van der Waals surface area contributed by atoms with Crippen molar-refractivity contribution in [1.82, 2.24) is 19.6 Å². The largest absolute Gasteiger partial charge is 0.367 e. The molecule has 0 aliphatic carbocycles. The Balaban J connectivity index is 1.74. The summed E-state index contributed by atoms with van der Waals surface area (Å²) in [6.45, 7) is 6.66. The van der Waals surface area contributed by atoms with Crippen LogP contribution in [0.2, 0.25) is 0 Å². The fourth-order valence-electron chi connectivity index (χ4n) is 2.27. The quantitative estimate of drug-likeness (QED) is 0.838. The smallest absolute Gasteiger partial charge is 0.349 e. The summed E-state index contributed by atoms with van der Waals surface area (Å²) in [4.78, 5) is 15.8. The number of nitrogens with zero attached hydrogens (tertiary/aromatic N) is 3. The number of anilines is 1. The molecule has 1 saturated heterocycles. The molecule has 8 nitrogen and oxygen atoms in total. The van der Waals surface area contributed by atoms with Crippen molar-refractivity contribution in [2.45, 2.75) is 32.7 Å². The van der Waals surface area contributed by atoms with Crippen LogP contribution < -0.4 is 11.0 Å². The fraction of sp³-hybridized carbons (Fsp3) is 0.583. The number of fused-ring (bicyclic) bond motifs is 1. The van der Waals surface area contributed by atoms with Gasteiger partial charge in [0.15, 0.2) is 11.4 Å². The molecular weight excluding hydrogens is 262 g/mol. The maximum atomic E-state index is 11.5. The summed E-state index contributed by atoms with van der Waals surface area (Å²) >= 11 is 0. The van der Waals surface area contributed by atoms with E-state index in [2.05, 4.69) is 20.5 Å². The summed E-state index contributed by atoms with van der Waals surface area (Å²) in [6.07, 6.45) is -0.0234. The van der Waals surface area contributed by atoms with Crippen molar-refractivity contribution in [3.05, 3.63) is 22.4 Å². The monoisotopic (exact) mass is 279 g/mol. The van der Waals surface area contributed by atoms with E-state index in [0.29, 0.717) is 30.4 Å². The van der Waals surface area contributed by atoms with Crippen molar-refractivity contribution in [2.24, 2.45) is 0 Å². The molecule has 2 N–H and O–H groups in total. The number of H-pyrrole nitrogens is 1. The maximum absolute atomic E-state index is 11.5. The number of hydrogen-bond donors (Lipinski definition) is 2. The number of hydrogen-bond acceptors (Lipinski definition) is 6. The standard InChI is InChI=1S/C12H17N5O3/c1-7-14-9(4-10-15-16-11(18)17(7)10)13-5-8-6-19-12(2,3)20-8/h4,8,13H,5-6H2,1-3H3,(H,16,18). The molecule has 0 amide bonds. The Kier molecular flexibility index (Phi) is 2.98. The topological polar surface area (TPSA) is 93.5 Å². The number of aryl methyl sites for hydroxylation is 1. The first kappa shape index (κ1) is 13.1. The number of nitrogens with one attached hydrogen (secondary N) is 2.